The van der Waals surface area contributed by atoms with Crippen LogP contribution < -0.4 is 0 Å². The maximum Gasteiger partial charge on any atom is 0.225 e. The average molecular weight is 266 g/mol. The molecule has 2 aliphatic rings. The van der Waals surface area contributed by atoms with Gasteiger partial charge in [-0.3, -0.25) is 9.69 Å². The van der Waals surface area contributed by atoms with Crippen molar-refractivity contribution in [2.24, 2.45) is 5.92 Å². The van der Waals surface area contributed by atoms with E-state index in [1.165, 1.54) is 32.1 Å². The molecule has 0 aromatic rings. The molecule has 0 radical (unpaired) electrons. The van der Waals surface area contributed by atoms with Crippen molar-refractivity contribution >= 4 is 5.91 Å². The topological polar surface area (TPSA) is 23.6 Å². The number of piperazine rings is 1. The molecule has 2 rings (SSSR count). The SMILES string of the molecule is CCC(CC)C(=O)N1CCN(C2CCCCC2)CC1. The lowest BCUT2D eigenvalue weighted by Gasteiger charge is -2.41. The smallest absolute Gasteiger partial charge is 0.225 e. The van der Waals surface area contributed by atoms with Crippen molar-refractivity contribution in [1.82, 2.24) is 9.80 Å². The summed E-state index contributed by atoms with van der Waals surface area (Å²) in [6.07, 6.45) is 8.94. The third-order valence-corrected chi connectivity index (χ3v) is 5.05. The van der Waals surface area contributed by atoms with Gasteiger partial charge in [-0.25, -0.2) is 0 Å². The van der Waals surface area contributed by atoms with Gasteiger partial charge in [-0.05, 0) is 25.7 Å². The maximum absolute atomic E-state index is 12.4. The van der Waals surface area contributed by atoms with E-state index in [-0.39, 0.29) is 5.92 Å². The minimum atomic E-state index is 0.251. The van der Waals surface area contributed by atoms with E-state index >= 15 is 0 Å². The standard InChI is InChI=1S/C16H30N2O/c1-3-14(4-2)16(19)18-12-10-17(11-13-18)15-8-6-5-7-9-15/h14-15H,3-13H2,1-2H3. The van der Waals surface area contributed by atoms with Gasteiger partial charge in [0.15, 0.2) is 0 Å². The molecule has 3 heteroatoms. The number of hydrogen-bond acceptors (Lipinski definition) is 2. The summed E-state index contributed by atoms with van der Waals surface area (Å²) in [6.45, 7) is 8.35. The normalized spacial score (nSPS) is 23.0. The summed E-state index contributed by atoms with van der Waals surface area (Å²) in [5.74, 6) is 0.648. The zero-order chi connectivity index (χ0) is 13.7. The second kappa shape index (κ2) is 7.28. The third kappa shape index (κ3) is 3.71. The van der Waals surface area contributed by atoms with E-state index in [1.807, 2.05) is 0 Å². The van der Waals surface area contributed by atoms with Gasteiger partial charge in [-0.1, -0.05) is 33.1 Å². The summed E-state index contributed by atoms with van der Waals surface area (Å²) in [6, 6.07) is 0.805. The third-order valence-electron chi connectivity index (χ3n) is 5.05. The van der Waals surface area contributed by atoms with Crippen molar-refractivity contribution in [2.45, 2.75) is 64.8 Å². The molecule has 0 N–H and O–H groups in total. The second-order valence-electron chi connectivity index (χ2n) is 6.17. The largest absolute Gasteiger partial charge is 0.340 e. The quantitative estimate of drug-likeness (QED) is 0.781. The van der Waals surface area contributed by atoms with Crippen molar-refractivity contribution < 1.29 is 4.79 Å². The molecule has 3 nitrogen and oxygen atoms in total. The molecule has 0 atom stereocenters. The highest BCUT2D eigenvalue weighted by Crippen LogP contribution is 2.24. The maximum atomic E-state index is 12.4. The first-order chi connectivity index (χ1) is 9.26. The fraction of sp³-hybridized carbons (Fsp3) is 0.938. The summed E-state index contributed by atoms with van der Waals surface area (Å²) >= 11 is 0. The number of nitrogens with zero attached hydrogens (tertiary/aromatic N) is 2. The highest BCUT2D eigenvalue weighted by Gasteiger charge is 2.28. The first-order valence-corrected chi connectivity index (χ1v) is 8.29. The van der Waals surface area contributed by atoms with Gasteiger partial charge >= 0.3 is 0 Å². The van der Waals surface area contributed by atoms with Crippen molar-refractivity contribution in [3.8, 4) is 0 Å². The van der Waals surface area contributed by atoms with Gasteiger partial charge in [0.05, 0.1) is 0 Å². The van der Waals surface area contributed by atoms with Crippen LogP contribution in [0.3, 0.4) is 0 Å². The Kier molecular flexibility index (Phi) is 5.68. The predicted molar refractivity (Wildman–Crippen MR) is 79.1 cm³/mol. The molecular weight excluding hydrogens is 236 g/mol. The van der Waals surface area contributed by atoms with E-state index < -0.39 is 0 Å². The number of amides is 1. The Morgan fingerprint density at radius 2 is 1.58 bits per heavy atom. The molecule has 1 aliphatic carbocycles. The highest BCUT2D eigenvalue weighted by molar-refractivity contribution is 5.78. The van der Waals surface area contributed by atoms with Crippen LogP contribution in [0.15, 0.2) is 0 Å². The molecular formula is C16H30N2O. The van der Waals surface area contributed by atoms with Gasteiger partial charge in [0.2, 0.25) is 5.91 Å². The summed E-state index contributed by atoms with van der Waals surface area (Å²) in [4.78, 5) is 17.1. The Morgan fingerprint density at radius 1 is 1.00 bits per heavy atom. The molecule has 0 aromatic heterocycles. The molecule has 0 bridgehead atoms. The van der Waals surface area contributed by atoms with E-state index in [4.69, 9.17) is 0 Å². The Bertz CT molecular complexity index is 274. The minimum Gasteiger partial charge on any atom is -0.340 e. The molecule has 1 saturated carbocycles. The summed E-state index contributed by atoms with van der Waals surface area (Å²) in [5.41, 5.74) is 0. The van der Waals surface area contributed by atoms with Crippen LogP contribution in [0.4, 0.5) is 0 Å². The van der Waals surface area contributed by atoms with Gasteiger partial charge in [0.1, 0.15) is 0 Å². The molecule has 19 heavy (non-hydrogen) atoms. The van der Waals surface area contributed by atoms with E-state index in [0.717, 1.165) is 45.1 Å². The highest BCUT2D eigenvalue weighted by atomic mass is 16.2. The first kappa shape index (κ1) is 14.8. The number of hydrogen-bond donors (Lipinski definition) is 0. The van der Waals surface area contributed by atoms with Gasteiger partial charge in [-0.2, -0.15) is 0 Å². The average Bonchev–Trinajstić information content (AvgIpc) is 2.49. The van der Waals surface area contributed by atoms with Crippen LogP contribution >= 0.6 is 0 Å². The zero-order valence-electron chi connectivity index (χ0n) is 12.7. The van der Waals surface area contributed by atoms with Crippen molar-refractivity contribution in [3.05, 3.63) is 0 Å². The number of rotatable bonds is 4. The fourth-order valence-corrected chi connectivity index (χ4v) is 3.65. The molecule has 1 aliphatic heterocycles. The van der Waals surface area contributed by atoms with E-state index in [0.29, 0.717) is 5.91 Å². The molecule has 1 saturated heterocycles. The molecule has 0 unspecified atom stereocenters. The van der Waals surface area contributed by atoms with Gasteiger partial charge in [-0.15, -0.1) is 0 Å². The lowest BCUT2D eigenvalue weighted by atomic mass is 9.93. The first-order valence-electron chi connectivity index (χ1n) is 8.29. The Balaban J connectivity index is 1.79. The van der Waals surface area contributed by atoms with E-state index in [9.17, 15) is 4.79 Å². The predicted octanol–water partition coefficient (Wildman–Crippen LogP) is 2.90. The van der Waals surface area contributed by atoms with Crippen LogP contribution in [0.1, 0.15) is 58.8 Å². The summed E-state index contributed by atoms with van der Waals surface area (Å²) < 4.78 is 0. The number of carbonyl (C=O) groups is 1. The van der Waals surface area contributed by atoms with Crippen LogP contribution in [0.25, 0.3) is 0 Å². The molecule has 110 valence electrons. The molecule has 0 aromatic carbocycles. The van der Waals surface area contributed by atoms with Crippen LogP contribution in [0.2, 0.25) is 0 Å². The molecule has 1 amide bonds. The zero-order valence-corrected chi connectivity index (χ0v) is 12.7. The van der Waals surface area contributed by atoms with Crippen molar-refractivity contribution in [1.29, 1.82) is 0 Å². The minimum absolute atomic E-state index is 0.251. The van der Waals surface area contributed by atoms with Gasteiger partial charge in [0, 0.05) is 38.1 Å². The summed E-state index contributed by atoms with van der Waals surface area (Å²) in [7, 11) is 0. The molecule has 0 spiro atoms. The second-order valence-corrected chi connectivity index (χ2v) is 6.17. The van der Waals surface area contributed by atoms with Crippen LogP contribution in [0.5, 0.6) is 0 Å². The summed E-state index contributed by atoms with van der Waals surface area (Å²) in [5, 5.41) is 0. The van der Waals surface area contributed by atoms with E-state index in [2.05, 4.69) is 23.6 Å². The fourth-order valence-electron chi connectivity index (χ4n) is 3.65. The monoisotopic (exact) mass is 266 g/mol. The number of carbonyl (C=O) groups excluding carboxylic acids is 1. The van der Waals surface area contributed by atoms with Crippen molar-refractivity contribution in [3.63, 3.8) is 0 Å². The molecule has 2 fully saturated rings. The van der Waals surface area contributed by atoms with Gasteiger partial charge in [0.25, 0.3) is 0 Å². The Hall–Kier alpha value is -0.570. The Labute approximate surface area is 118 Å². The van der Waals surface area contributed by atoms with Crippen molar-refractivity contribution in [2.75, 3.05) is 26.2 Å². The molecule has 1 heterocycles. The van der Waals surface area contributed by atoms with Crippen LogP contribution in [0, 0.1) is 5.92 Å². The lowest BCUT2D eigenvalue weighted by molar-refractivity contribution is -0.138. The lowest BCUT2D eigenvalue weighted by Crippen LogP contribution is -2.53. The van der Waals surface area contributed by atoms with Crippen LogP contribution in [-0.2, 0) is 4.79 Å². The van der Waals surface area contributed by atoms with Crippen LogP contribution in [-0.4, -0.2) is 47.9 Å². The Morgan fingerprint density at radius 3 is 2.11 bits per heavy atom. The van der Waals surface area contributed by atoms with Gasteiger partial charge < -0.3 is 4.90 Å². The van der Waals surface area contributed by atoms with E-state index in [1.54, 1.807) is 0 Å².